The van der Waals surface area contributed by atoms with Gasteiger partial charge in [-0.25, -0.2) is 4.39 Å². The van der Waals surface area contributed by atoms with Gasteiger partial charge >= 0.3 is 0 Å². The lowest BCUT2D eigenvalue weighted by Crippen LogP contribution is -2.30. The first-order valence-electron chi connectivity index (χ1n) is 9.92. The molecule has 3 rings (SSSR count). The molecule has 2 N–H and O–H groups in total. The number of benzene rings is 2. The van der Waals surface area contributed by atoms with Gasteiger partial charge in [0.05, 0.1) is 11.9 Å². The van der Waals surface area contributed by atoms with E-state index in [1.807, 2.05) is 13.8 Å². The second kappa shape index (κ2) is 9.88. The summed E-state index contributed by atoms with van der Waals surface area (Å²) < 4.78 is 20.0. The molecule has 0 aliphatic carbocycles. The fourth-order valence-electron chi connectivity index (χ4n) is 2.82. The summed E-state index contributed by atoms with van der Waals surface area (Å²) in [5.74, 6) is -0.102. The van der Waals surface area contributed by atoms with Gasteiger partial charge in [0.2, 0.25) is 0 Å². The van der Waals surface area contributed by atoms with Gasteiger partial charge in [-0.05, 0) is 47.9 Å². The molecule has 0 radical (unpaired) electrons. The van der Waals surface area contributed by atoms with Crippen molar-refractivity contribution in [1.29, 1.82) is 0 Å². The number of aryl methyl sites for hydroxylation is 1. The maximum Gasteiger partial charge on any atom is 0.271 e. The molecule has 0 bridgehead atoms. The zero-order chi connectivity index (χ0) is 22.4. The Balaban J connectivity index is 1.62. The molecule has 7 nitrogen and oxygen atoms in total. The Morgan fingerprint density at radius 3 is 2.39 bits per heavy atom. The van der Waals surface area contributed by atoms with Crippen LogP contribution in [-0.4, -0.2) is 28.1 Å². The number of amides is 2. The predicted octanol–water partition coefficient (Wildman–Crippen LogP) is 3.78. The van der Waals surface area contributed by atoms with E-state index in [0.717, 1.165) is 5.56 Å². The Labute approximate surface area is 180 Å². The van der Waals surface area contributed by atoms with Crippen molar-refractivity contribution in [2.45, 2.75) is 20.5 Å². The standard InChI is InChI=1S/C23H25FN4O3/c1-15(2)12-25-23(30)21-20(13-26-28(21)3)27-22(29)17-6-4-16(5-7-17)14-31-19-10-8-18(24)9-11-19/h4-11,13,15H,12,14H2,1-3H3,(H,25,30)(H,27,29). The average molecular weight is 424 g/mol. The Morgan fingerprint density at radius 1 is 1.06 bits per heavy atom. The number of hydrogen-bond donors (Lipinski definition) is 2. The van der Waals surface area contributed by atoms with Gasteiger partial charge in [-0.1, -0.05) is 26.0 Å². The number of ether oxygens (including phenoxy) is 1. The molecule has 31 heavy (non-hydrogen) atoms. The maximum atomic E-state index is 12.9. The molecule has 0 unspecified atom stereocenters. The fraction of sp³-hybridized carbons (Fsp3) is 0.261. The predicted molar refractivity (Wildman–Crippen MR) is 116 cm³/mol. The molecule has 0 saturated heterocycles. The number of anilines is 1. The lowest BCUT2D eigenvalue weighted by molar-refractivity contribution is 0.0940. The van der Waals surface area contributed by atoms with Crippen molar-refractivity contribution >= 4 is 17.5 Å². The van der Waals surface area contributed by atoms with Gasteiger partial charge in [0.1, 0.15) is 23.9 Å². The Morgan fingerprint density at radius 2 is 1.74 bits per heavy atom. The van der Waals surface area contributed by atoms with E-state index < -0.39 is 0 Å². The van der Waals surface area contributed by atoms with Crippen LogP contribution < -0.4 is 15.4 Å². The zero-order valence-electron chi connectivity index (χ0n) is 17.7. The topological polar surface area (TPSA) is 85.2 Å². The number of carbonyl (C=O) groups excluding carboxylic acids is 2. The second-order valence-corrected chi connectivity index (χ2v) is 7.53. The zero-order valence-corrected chi connectivity index (χ0v) is 17.7. The van der Waals surface area contributed by atoms with E-state index in [-0.39, 0.29) is 24.2 Å². The lowest BCUT2D eigenvalue weighted by Gasteiger charge is -2.11. The molecule has 1 heterocycles. The summed E-state index contributed by atoms with van der Waals surface area (Å²) >= 11 is 0. The Kier molecular flexibility index (Phi) is 7.02. The SMILES string of the molecule is CC(C)CNC(=O)c1c(NC(=O)c2ccc(COc3ccc(F)cc3)cc2)cnn1C. The number of rotatable bonds is 8. The van der Waals surface area contributed by atoms with Crippen LogP contribution >= 0.6 is 0 Å². The Hall–Kier alpha value is -3.68. The average Bonchev–Trinajstić information content (AvgIpc) is 3.12. The van der Waals surface area contributed by atoms with Gasteiger partial charge in [-0.15, -0.1) is 0 Å². The first-order chi connectivity index (χ1) is 14.8. The highest BCUT2D eigenvalue weighted by Gasteiger charge is 2.19. The minimum absolute atomic E-state index is 0.288. The summed E-state index contributed by atoms with van der Waals surface area (Å²) in [5.41, 5.74) is 1.93. The summed E-state index contributed by atoms with van der Waals surface area (Å²) in [4.78, 5) is 25.1. The van der Waals surface area contributed by atoms with Gasteiger partial charge in [0.15, 0.2) is 0 Å². The van der Waals surface area contributed by atoms with Crippen molar-refractivity contribution in [3.63, 3.8) is 0 Å². The first-order valence-corrected chi connectivity index (χ1v) is 9.92. The molecule has 1 aromatic heterocycles. The molecule has 8 heteroatoms. The quantitative estimate of drug-likeness (QED) is 0.576. The number of carbonyl (C=O) groups is 2. The van der Waals surface area contributed by atoms with Gasteiger partial charge in [0.25, 0.3) is 11.8 Å². The molecule has 0 spiro atoms. The van der Waals surface area contributed by atoms with Crippen molar-refractivity contribution in [1.82, 2.24) is 15.1 Å². The van der Waals surface area contributed by atoms with Crippen molar-refractivity contribution in [3.05, 3.63) is 77.4 Å². The van der Waals surface area contributed by atoms with E-state index in [1.54, 1.807) is 43.4 Å². The van der Waals surface area contributed by atoms with Gasteiger partial charge < -0.3 is 15.4 Å². The highest BCUT2D eigenvalue weighted by molar-refractivity contribution is 6.08. The number of nitrogens with zero attached hydrogens (tertiary/aromatic N) is 2. The van der Waals surface area contributed by atoms with E-state index in [1.165, 1.54) is 23.0 Å². The molecule has 0 aliphatic rings. The molecule has 0 atom stereocenters. The molecule has 162 valence electrons. The largest absolute Gasteiger partial charge is 0.489 e. The van der Waals surface area contributed by atoms with Crippen LogP contribution in [0.25, 0.3) is 0 Å². The molecule has 3 aromatic rings. The third-order valence-corrected chi connectivity index (χ3v) is 4.51. The molecule has 2 amide bonds. The highest BCUT2D eigenvalue weighted by atomic mass is 19.1. The van der Waals surface area contributed by atoms with Crippen LogP contribution in [0.15, 0.2) is 54.7 Å². The number of aromatic nitrogens is 2. The van der Waals surface area contributed by atoms with E-state index >= 15 is 0 Å². The first kappa shape index (κ1) is 22.0. The van der Waals surface area contributed by atoms with Gasteiger partial charge in [-0.2, -0.15) is 5.10 Å². The van der Waals surface area contributed by atoms with Crippen LogP contribution in [-0.2, 0) is 13.7 Å². The van der Waals surface area contributed by atoms with E-state index in [9.17, 15) is 14.0 Å². The molecule has 0 aliphatic heterocycles. The molecule has 2 aromatic carbocycles. The smallest absolute Gasteiger partial charge is 0.271 e. The van der Waals surface area contributed by atoms with Gasteiger partial charge in [0, 0.05) is 19.2 Å². The summed E-state index contributed by atoms with van der Waals surface area (Å²) in [6, 6.07) is 12.7. The monoisotopic (exact) mass is 424 g/mol. The van der Waals surface area contributed by atoms with E-state index in [4.69, 9.17) is 4.74 Å². The summed E-state index contributed by atoms with van der Waals surface area (Å²) in [5, 5.41) is 9.67. The summed E-state index contributed by atoms with van der Waals surface area (Å²) in [7, 11) is 1.65. The minimum Gasteiger partial charge on any atom is -0.489 e. The van der Waals surface area contributed by atoms with E-state index in [0.29, 0.717) is 35.2 Å². The van der Waals surface area contributed by atoms with Gasteiger partial charge in [-0.3, -0.25) is 14.3 Å². The van der Waals surface area contributed by atoms with Crippen molar-refractivity contribution in [3.8, 4) is 5.75 Å². The van der Waals surface area contributed by atoms with Crippen molar-refractivity contribution < 1.29 is 18.7 Å². The van der Waals surface area contributed by atoms with Crippen LogP contribution in [0, 0.1) is 11.7 Å². The third kappa shape index (κ3) is 5.91. The van der Waals surface area contributed by atoms with Crippen molar-refractivity contribution in [2.24, 2.45) is 13.0 Å². The molecular weight excluding hydrogens is 399 g/mol. The third-order valence-electron chi connectivity index (χ3n) is 4.51. The maximum absolute atomic E-state index is 12.9. The second-order valence-electron chi connectivity index (χ2n) is 7.53. The molecular formula is C23H25FN4O3. The lowest BCUT2D eigenvalue weighted by atomic mass is 10.1. The summed E-state index contributed by atoms with van der Waals surface area (Å²) in [6.07, 6.45) is 1.45. The normalized spacial score (nSPS) is 10.7. The van der Waals surface area contributed by atoms with Crippen LogP contribution in [0.2, 0.25) is 0 Å². The summed E-state index contributed by atoms with van der Waals surface area (Å²) in [6.45, 7) is 4.82. The Bertz CT molecular complexity index is 1040. The fourth-order valence-corrected chi connectivity index (χ4v) is 2.82. The van der Waals surface area contributed by atoms with Crippen LogP contribution in [0.1, 0.15) is 40.3 Å². The number of hydrogen-bond acceptors (Lipinski definition) is 4. The minimum atomic E-state index is -0.350. The van der Waals surface area contributed by atoms with Crippen LogP contribution in [0.5, 0.6) is 5.75 Å². The number of nitrogens with one attached hydrogen (secondary N) is 2. The highest BCUT2D eigenvalue weighted by Crippen LogP contribution is 2.17. The molecule has 0 fully saturated rings. The van der Waals surface area contributed by atoms with Crippen molar-refractivity contribution in [2.75, 3.05) is 11.9 Å². The van der Waals surface area contributed by atoms with E-state index in [2.05, 4.69) is 15.7 Å². The number of halogens is 1. The molecule has 0 saturated carbocycles. The van der Waals surface area contributed by atoms with Crippen LogP contribution in [0.3, 0.4) is 0 Å². The van der Waals surface area contributed by atoms with Crippen LogP contribution in [0.4, 0.5) is 10.1 Å².